The van der Waals surface area contributed by atoms with Crippen LogP contribution < -0.4 is 0 Å². The Morgan fingerprint density at radius 1 is 1.13 bits per heavy atom. The first-order valence-corrected chi connectivity index (χ1v) is 3.94. The summed E-state index contributed by atoms with van der Waals surface area (Å²) in [6.07, 6.45) is -8.02. The van der Waals surface area contributed by atoms with E-state index < -0.39 is 29.5 Å². The van der Waals surface area contributed by atoms with Gasteiger partial charge in [0.2, 0.25) is 0 Å². The number of rotatable bonds is 1. The number of hydrogen-bond acceptors (Lipinski definition) is 1. The maximum Gasteiger partial charge on any atom is 0.418 e. The molecule has 0 bridgehead atoms. The molecule has 1 N–H and O–H groups in total. The van der Waals surface area contributed by atoms with Crippen LogP contribution in [0.15, 0.2) is 12.1 Å². The van der Waals surface area contributed by atoms with E-state index in [9.17, 15) is 22.0 Å². The van der Waals surface area contributed by atoms with Gasteiger partial charge in [-0.2, -0.15) is 13.2 Å². The van der Waals surface area contributed by atoms with Crippen molar-refractivity contribution in [3.05, 3.63) is 34.9 Å². The highest BCUT2D eigenvalue weighted by Crippen LogP contribution is 2.34. The van der Waals surface area contributed by atoms with Crippen molar-refractivity contribution in [2.75, 3.05) is 0 Å². The third kappa shape index (κ3) is 2.26. The van der Waals surface area contributed by atoms with Gasteiger partial charge in [0.25, 0.3) is 0 Å². The summed E-state index contributed by atoms with van der Waals surface area (Å²) in [6, 6.07) is 1.69. The summed E-state index contributed by atoms with van der Waals surface area (Å²) < 4.78 is 61.9. The zero-order valence-corrected chi connectivity index (χ0v) is 7.57. The molecule has 0 aliphatic carbocycles. The Morgan fingerprint density at radius 3 is 2.13 bits per heavy atom. The molecule has 1 nitrogen and oxygen atoms in total. The molecule has 0 spiro atoms. The average Bonchev–Trinajstić information content (AvgIpc) is 2.12. The van der Waals surface area contributed by atoms with Gasteiger partial charge in [0.05, 0.1) is 0 Å². The van der Waals surface area contributed by atoms with E-state index in [-0.39, 0.29) is 5.56 Å². The van der Waals surface area contributed by atoms with Crippen LogP contribution in [-0.4, -0.2) is 11.3 Å². The molecular weight excluding hydrogens is 219 g/mol. The molecule has 84 valence electrons. The van der Waals surface area contributed by atoms with Crippen molar-refractivity contribution >= 4 is 0 Å². The van der Waals surface area contributed by atoms with E-state index in [1.165, 1.54) is 6.92 Å². The van der Waals surface area contributed by atoms with Gasteiger partial charge in [-0.25, -0.2) is 8.78 Å². The lowest BCUT2D eigenvalue weighted by atomic mass is 10.1. The second-order valence-electron chi connectivity index (χ2n) is 3.04. The summed E-state index contributed by atoms with van der Waals surface area (Å²) in [5.74, 6) is -3.05. The lowest BCUT2D eigenvalue weighted by Crippen LogP contribution is -2.21. The molecule has 15 heavy (non-hydrogen) atoms. The van der Waals surface area contributed by atoms with Crippen molar-refractivity contribution in [2.24, 2.45) is 0 Å². The normalized spacial score (nSPS) is 14.1. The smallest absolute Gasteiger partial charge is 0.379 e. The Balaban J connectivity index is 3.23. The van der Waals surface area contributed by atoms with Gasteiger partial charge < -0.3 is 5.11 Å². The zero-order valence-electron chi connectivity index (χ0n) is 7.57. The lowest BCUT2D eigenvalue weighted by Gasteiger charge is -2.16. The number of hydrogen-bond donors (Lipinski definition) is 1. The van der Waals surface area contributed by atoms with E-state index in [1.54, 1.807) is 0 Å². The molecule has 0 radical (unpaired) electrons. The number of aliphatic hydroxyl groups is 1. The minimum atomic E-state index is -5.01. The van der Waals surface area contributed by atoms with E-state index in [4.69, 9.17) is 5.11 Å². The van der Waals surface area contributed by atoms with Crippen molar-refractivity contribution in [2.45, 2.75) is 19.2 Å². The summed E-state index contributed by atoms with van der Waals surface area (Å²) in [5.41, 5.74) is -1.23. The molecular formula is C9H7F5O. The van der Waals surface area contributed by atoms with E-state index in [0.717, 1.165) is 6.07 Å². The van der Waals surface area contributed by atoms with Gasteiger partial charge in [0, 0.05) is 5.56 Å². The van der Waals surface area contributed by atoms with E-state index in [1.807, 2.05) is 0 Å². The number of halogens is 5. The van der Waals surface area contributed by atoms with E-state index in [2.05, 4.69) is 0 Å². The molecule has 0 aromatic heterocycles. The van der Waals surface area contributed by atoms with Gasteiger partial charge >= 0.3 is 6.18 Å². The first-order chi connectivity index (χ1) is 6.75. The van der Waals surface area contributed by atoms with E-state index in [0.29, 0.717) is 6.07 Å². The van der Waals surface area contributed by atoms with Gasteiger partial charge in [0.1, 0.15) is 0 Å². The fourth-order valence-electron chi connectivity index (χ4n) is 1.05. The quantitative estimate of drug-likeness (QED) is 0.730. The molecule has 0 unspecified atom stereocenters. The molecule has 0 fully saturated rings. The monoisotopic (exact) mass is 226 g/mol. The second-order valence-corrected chi connectivity index (χ2v) is 3.04. The lowest BCUT2D eigenvalue weighted by molar-refractivity contribution is -0.207. The molecule has 0 amide bonds. The molecule has 1 aromatic rings. The first-order valence-electron chi connectivity index (χ1n) is 3.94. The van der Waals surface area contributed by atoms with Crippen LogP contribution in [-0.2, 0) is 0 Å². The van der Waals surface area contributed by atoms with Crippen LogP contribution in [0.2, 0.25) is 0 Å². The van der Waals surface area contributed by atoms with Crippen LogP contribution in [0.1, 0.15) is 17.2 Å². The highest BCUT2D eigenvalue weighted by Gasteiger charge is 2.41. The Bertz CT molecular complexity index is 372. The Kier molecular flexibility index (Phi) is 2.99. The van der Waals surface area contributed by atoms with Crippen LogP contribution in [0.3, 0.4) is 0 Å². The average molecular weight is 226 g/mol. The van der Waals surface area contributed by atoms with Crippen molar-refractivity contribution in [1.82, 2.24) is 0 Å². The predicted molar refractivity (Wildman–Crippen MR) is 42.1 cm³/mol. The molecule has 6 heteroatoms. The minimum Gasteiger partial charge on any atom is -0.379 e. The number of alkyl halides is 3. The number of aryl methyl sites for hydroxylation is 1. The van der Waals surface area contributed by atoms with Crippen LogP contribution in [0.5, 0.6) is 0 Å². The van der Waals surface area contributed by atoms with Crippen LogP contribution in [0.25, 0.3) is 0 Å². The first kappa shape index (κ1) is 11.9. The summed E-state index contributed by atoms with van der Waals surface area (Å²) in [4.78, 5) is 0. The third-order valence-electron chi connectivity index (χ3n) is 1.91. The number of benzene rings is 1. The van der Waals surface area contributed by atoms with Crippen molar-refractivity contribution in [3.8, 4) is 0 Å². The third-order valence-corrected chi connectivity index (χ3v) is 1.91. The Morgan fingerprint density at radius 2 is 1.67 bits per heavy atom. The van der Waals surface area contributed by atoms with Gasteiger partial charge in [0.15, 0.2) is 17.7 Å². The van der Waals surface area contributed by atoms with Crippen LogP contribution in [0, 0.1) is 18.6 Å². The van der Waals surface area contributed by atoms with Crippen LogP contribution in [0.4, 0.5) is 22.0 Å². The highest BCUT2D eigenvalue weighted by molar-refractivity contribution is 5.27. The highest BCUT2D eigenvalue weighted by atomic mass is 19.4. The maximum absolute atomic E-state index is 13.0. The Hall–Kier alpha value is -1.17. The maximum atomic E-state index is 13.0. The van der Waals surface area contributed by atoms with Crippen molar-refractivity contribution in [1.29, 1.82) is 0 Å². The van der Waals surface area contributed by atoms with Crippen LogP contribution >= 0.6 is 0 Å². The van der Waals surface area contributed by atoms with Gasteiger partial charge in [-0.1, -0.05) is 12.1 Å². The standard InChI is InChI=1S/C9H7F5O/c1-4-2-3-5(7(11)6(4)10)8(15)9(12,13)14/h2-3,8,15H,1H3/t8-/m0/s1. The largest absolute Gasteiger partial charge is 0.418 e. The minimum absolute atomic E-state index is 0.120. The molecule has 0 saturated heterocycles. The summed E-state index contributed by atoms with van der Waals surface area (Å²) >= 11 is 0. The number of aliphatic hydroxyl groups excluding tert-OH is 1. The Labute approximate surface area is 82.1 Å². The van der Waals surface area contributed by atoms with Crippen molar-refractivity contribution < 1.29 is 27.1 Å². The van der Waals surface area contributed by atoms with Gasteiger partial charge in [-0.15, -0.1) is 0 Å². The molecule has 0 aliphatic heterocycles. The molecule has 1 rings (SSSR count). The SMILES string of the molecule is Cc1ccc([C@H](O)C(F)(F)F)c(F)c1F. The van der Waals surface area contributed by atoms with Crippen molar-refractivity contribution in [3.63, 3.8) is 0 Å². The van der Waals surface area contributed by atoms with Gasteiger partial charge in [-0.3, -0.25) is 0 Å². The fraction of sp³-hybridized carbons (Fsp3) is 0.333. The topological polar surface area (TPSA) is 20.2 Å². The molecule has 0 saturated carbocycles. The molecule has 0 aliphatic rings. The zero-order chi connectivity index (χ0) is 11.8. The molecule has 1 aromatic carbocycles. The molecule has 1 atom stereocenters. The predicted octanol–water partition coefficient (Wildman–Crippen LogP) is 2.87. The summed E-state index contributed by atoms with van der Waals surface area (Å²) in [5, 5.41) is 8.72. The van der Waals surface area contributed by atoms with E-state index >= 15 is 0 Å². The summed E-state index contributed by atoms with van der Waals surface area (Å²) in [7, 11) is 0. The van der Waals surface area contributed by atoms with Gasteiger partial charge in [-0.05, 0) is 12.5 Å². The summed E-state index contributed by atoms with van der Waals surface area (Å²) in [6.45, 7) is 1.21. The molecule has 0 heterocycles. The second kappa shape index (κ2) is 3.77. The fourth-order valence-corrected chi connectivity index (χ4v) is 1.05.